The van der Waals surface area contributed by atoms with Crippen molar-refractivity contribution in [1.82, 2.24) is 19.7 Å². The van der Waals surface area contributed by atoms with Gasteiger partial charge in [-0.2, -0.15) is 13.2 Å². The number of anilines is 1. The molecule has 1 amide bonds. The van der Waals surface area contributed by atoms with Gasteiger partial charge in [-0.05, 0) is 67.5 Å². The molecule has 4 heterocycles. The maximum atomic E-state index is 14.2. The van der Waals surface area contributed by atoms with Gasteiger partial charge in [-0.15, -0.1) is 10.2 Å². The van der Waals surface area contributed by atoms with Gasteiger partial charge in [-0.1, -0.05) is 19.8 Å². The molecule has 1 atom stereocenters. The van der Waals surface area contributed by atoms with Gasteiger partial charge < -0.3 is 8.98 Å². The van der Waals surface area contributed by atoms with Gasteiger partial charge in [0.15, 0.2) is 0 Å². The average Bonchev–Trinajstić information content (AvgIpc) is 3.65. The van der Waals surface area contributed by atoms with Crippen LogP contribution >= 0.6 is 0 Å². The number of nitrogens with zero attached hydrogens (tertiary/aromatic N) is 5. The van der Waals surface area contributed by atoms with Crippen molar-refractivity contribution >= 4 is 11.8 Å². The van der Waals surface area contributed by atoms with Crippen molar-refractivity contribution in [3.63, 3.8) is 0 Å². The predicted molar refractivity (Wildman–Crippen MR) is 135 cm³/mol. The number of furan rings is 1. The standard InChI is InChI=1S/C28H32F3N5O2/c1-18-6-5-11-35(14-18)15-19-12-20-21(22(13-19)28(29,30)31)16-36(25(20)37)24-8-7-23(38-24)27(9-3-4-10-27)26-33-32-17-34(26)2/h7-8,12-13,17-18H,3-6,9-11,14-16H2,1-2H3/t18-/m0/s1. The van der Waals surface area contributed by atoms with Gasteiger partial charge in [0.25, 0.3) is 5.91 Å². The highest BCUT2D eigenvalue weighted by atomic mass is 19.4. The minimum Gasteiger partial charge on any atom is -0.444 e. The fraction of sp³-hybridized carbons (Fsp3) is 0.536. The molecule has 0 N–H and O–H groups in total. The van der Waals surface area contributed by atoms with E-state index in [0.29, 0.717) is 23.8 Å². The Morgan fingerprint density at radius 2 is 1.95 bits per heavy atom. The molecule has 3 aromatic rings. The van der Waals surface area contributed by atoms with Crippen molar-refractivity contribution in [3.8, 4) is 0 Å². The van der Waals surface area contributed by atoms with Crippen molar-refractivity contribution < 1.29 is 22.4 Å². The first-order chi connectivity index (χ1) is 18.2. The Morgan fingerprint density at radius 3 is 2.63 bits per heavy atom. The van der Waals surface area contributed by atoms with Crippen LogP contribution in [0.25, 0.3) is 0 Å². The molecule has 2 fully saturated rings. The molecule has 38 heavy (non-hydrogen) atoms. The number of aromatic nitrogens is 3. The molecule has 0 unspecified atom stereocenters. The van der Waals surface area contributed by atoms with Gasteiger partial charge >= 0.3 is 6.18 Å². The van der Waals surface area contributed by atoms with Crippen LogP contribution in [0.15, 0.2) is 35.0 Å². The first kappa shape index (κ1) is 25.2. The van der Waals surface area contributed by atoms with E-state index in [1.807, 2.05) is 17.7 Å². The monoisotopic (exact) mass is 527 g/mol. The summed E-state index contributed by atoms with van der Waals surface area (Å²) in [6.07, 6.45) is 2.93. The average molecular weight is 528 g/mol. The van der Waals surface area contributed by atoms with E-state index in [2.05, 4.69) is 22.0 Å². The Labute approximate surface area is 219 Å². The zero-order valence-electron chi connectivity index (χ0n) is 21.7. The summed E-state index contributed by atoms with van der Waals surface area (Å²) >= 11 is 0. The molecule has 0 bridgehead atoms. The summed E-state index contributed by atoms with van der Waals surface area (Å²) in [6, 6.07) is 6.40. The maximum absolute atomic E-state index is 14.2. The first-order valence-electron chi connectivity index (χ1n) is 13.4. The quantitative estimate of drug-likeness (QED) is 0.427. The van der Waals surface area contributed by atoms with Crippen molar-refractivity contribution in [3.05, 3.63) is 64.4 Å². The Kier molecular flexibility index (Phi) is 6.13. The van der Waals surface area contributed by atoms with Crippen molar-refractivity contribution in [2.45, 2.75) is 70.1 Å². The van der Waals surface area contributed by atoms with E-state index < -0.39 is 23.1 Å². The number of aryl methyl sites for hydroxylation is 1. The van der Waals surface area contributed by atoms with E-state index in [0.717, 1.165) is 57.4 Å². The highest BCUT2D eigenvalue weighted by molar-refractivity contribution is 6.09. The molecule has 7 nitrogen and oxygen atoms in total. The Morgan fingerprint density at radius 1 is 1.16 bits per heavy atom. The summed E-state index contributed by atoms with van der Waals surface area (Å²) in [5.74, 6) is 1.77. The number of carbonyl (C=O) groups excluding carboxylic acids is 1. The predicted octanol–water partition coefficient (Wildman–Crippen LogP) is 5.68. The smallest absolute Gasteiger partial charge is 0.416 e. The summed E-state index contributed by atoms with van der Waals surface area (Å²) in [7, 11) is 1.89. The molecule has 202 valence electrons. The third-order valence-electron chi connectivity index (χ3n) is 8.48. The summed E-state index contributed by atoms with van der Waals surface area (Å²) in [5, 5.41) is 8.39. The first-order valence-corrected chi connectivity index (χ1v) is 13.4. The van der Waals surface area contributed by atoms with E-state index in [1.165, 1.54) is 11.0 Å². The van der Waals surface area contributed by atoms with Crippen LogP contribution in [0.3, 0.4) is 0 Å². The SMILES string of the molecule is C[C@H]1CCCN(Cc2cc3c(c(C(F)(F)F)c2)CN(c2ccc(C4(c5nncn5C)CCCC4)o2)C3=O)C1. The van der Waals surface area contributed by atoms with Gasteiger partial charge in [0.1, 0.15) is 17.9 Å². The molecular weight excluding hydrogens is 495 g/mol. The number of piperidine rings is 1. The van der Waals surface area contributed by atoms with Gasteiger partial charge in [-0.3, -0.25) is 14.6 Å². The lowest BCUT2D eigenvalue weighted by Gasteiger charge is -2.31. The fourth-order valence-electron chi connectivity index (χ4n) is 6.68. The fourth-order valence-corrected chi connectivity index (χ4v) is 6.68. The molecule has 0 spiro atoms. The number of alkyl halides is 3. The lowest BCUT2D eigenvalue weighted by molar-refractivity contribution is -0.138. The van der Waals surface area contributed by atoms with E-state index in [4.69, 9.17) is 4.42 Å². The highest BCUT2D eigenvalue weighted by Crippen LogP contribution is 2.47. The molecule has 1 aromatic carbocycles. The second-order valence-electron chi connectivity index (χ2n) is 11.2. The lowest BCUT2D eigenvalue weighted by Crippen LogP contribution is -2.33. The van der Waals surface area contributed by atoms with Crippen LogP contribution in [-0.4, -0.2) is 38.7 Å². The number of hydrogen-bond acceptors (Lipinski definition) is 5. The topological polar surface area (TPSA) is 67.4 Å². The zero-order chi connectivity index (χ0) is 26.7. The largest absolute Gasteiger partial charge is 0.444 e. The van der Waals surface area contributed by atoms with Crippen LogP contribution in [0.1, 0.15) is 84.1 Å². The van der Waals surface area contributed by atoms with E-state index >= 15 is 0 Å². The molecule has 1 saturated heterocycles. The molecule has 2 aromatic heterocycles. The number of fused-ring (bicyclic) bond motifs is 1. The van der Waals surface area contributed by atoms with Crippen molar-refractivity contribution in [2.24, 2.45) is 13.0 Å². The summed E-state index contributed by atoms with van der Waals surface area (Å²) < 4.78 is 50.7. The van der Waals surface area contributed by atoms with Crippen LogP contribution in [0, 0.1) is 5.92 Å². The second-order valence-corrected chi connectivity index (χ2v) is 11.2. The lowest BCUT2D eigenvalue weighted by atomic mass is 9.82. The molecule has 1 saturated carbocycles. The molecule has 3 aliphatic rings. The van der Waals surface area contributed by atoms with Gasteiger partial charge in [-0.25, -0.2) is 0 Å². The number of likely N-dealkylation sites (tertiary alicyclic amines) is 1. The number of amides is 1. The highest BCUT2D eigenvalue weighted by Gasteiger charge is 2.45. The minimum atomic E-state index is -4.56. The van der Waals surface area contributed by atoms with Gasteiger partial charge in [0.2, 0.25) is 5.88 Å². The van der Waals surface area contributed by atoms with Crippen LogP contribution in [0.2, 0.25) is 0 Å². The molecule has 10 heteroatoms. The molecular formula is C28H32F3N5O2. The van der Waals surface area contributed by atoms with Crippen LogP contribution in [0.5, 0.6) is 0 Å². The molecule has 0 radical (unpaired) electrons. The number of rotatable bonds is 5. The molecule has 2 aliphatic heterocycles. The van der Waals surface area contributed by atoms with E-state index in [-0.39, 0.29) is 23.6 Å². The minimum absolute atomic E-state index is 0.0140. The zero-order valence-corrected chi connectivity index (χ0v) is 21.7. The number of halogens is 3. The van der Waals surface area contributed by atoms with Crippen LogP contribution in [-0.2, 0) is 31.7 Å². The van der Waals surface area contributed by atoms with Gasteiger partial charge in [0.05, 0.1) is 17.5 Å². The Hall–Kier alpha value is -3.14. The number of benzene rings is 1. The van der Waals surface area contributed by atoms with E-state index in [1.54, 1.807) is 18.5 Å². The van der Waals surface area contributed by atoms with Crippen molar-refractivity contribution in [2.75, 3.05) is 18.0 Å². The maximum Gasteiger partial charge on any atom is 0.416 e. The van der Waals surface area contributed by atoms with Crippen LogP contribution < -0.4 is 4.90 Å². The van der Waals surface area contributed by atoms with Crippen molar-refractivity contribution in [1.29, 1.82) is 0 Å². The summed E-state index contributed by atoms with van der Waals surface area (Å²) in [5.41, 5.74) is -0.548. The third kappa shape index (κ3) is 4.22. The molecule has 1 aliphatic carbocycles. The second kappa shape index (κ2) is 9.25. The molecule has 6 rings (SSSR count). The number of carbonyl (C=O) groups is 1. The normalized spacial score (nSPS) is 21.9. The van der Waals surface area contributed by atoms with Crippen LogP contribution in [0.4, 0.5) is 19.1 Å². The summed E-state index contributed by atoms with van der Waals surface area (Å²) in [4.78, 5) is 17.0. The third-order valence-corrected chi connectivity index (χ3v) is 8.48. The summed E-state index contributed by atoms with van der Waals surface area (Å²) in [6.45, 7) is 4.09. The van der Waals surface area contributed by atoms with Gasteiger partial charge in [0, 0.05) is 31.8 Å². The Bertz CT molecular complexity index is 1350. The Balaban J connectivity index is 1.33. The van der Waals surface area contributed by atoms with E-state index in [9.17, 15) is 18.0 Å². The number of hydrogen-bond donors (Lipinski definition) is 0.